The lowest BCUT2D eigenvalue weighted by Gasteiger charge is -2.43. The van der Waals surface area contributed by atoms with Gasteiger partial charge in [0, 0.05) is 12.1 Å². The summed E-state index contributed by atoms with van der Waals surface area (Å²) in [7, 11) is 0. The molecule has 4 aromatic carbocycles. The number of carbonyl (C=O) groups excluding carboxylic acids is 2. The third-order valence-corrected chi connectivity index (χ3v) is 6.26. The van der Waals surface area contributed by atoms with Gasteiger partial charge in [0.2, 0.25) is 0 Å². The predicted molar refractivity (Wildman–Crippen MR) is 142 cm³/mol. The highest BCUT2D eigenvalue weighted by Crippen LogP contribution is 2.40. The summed E-state index contributed by atoms with van der Waals surface area (Å²) in [5.74, 6) is -0.715. The molecule has 0 aliphatic heterocycles. The van der Waals surface area contributed by atoms with E-state index >= 15 is 0 Å². The van der Waals surface area contributed by atoms with Crippen molar-refractivity contribution in [1.29, 1.82) is 0 Å². The zero-order valence-electron chi connectivity index (χ0n) is 20.5. The first kappa shape index (κ1) is 24.9. The van der Waals surface area contributed by atoms with Crippen molar-refractivity contribution in [3.63, 3.8) is 0 Å². The number of hydrogen-bond acceptors (Lipinski definition) is 3. The van der Waals surface area contributed by atoms with Gasteiger partial charge < -0.3 is 9.64 Å². The predicted octanol–water partition coefficient (Wildman–Crippen LogP) is 6.62. The fourth-order valence-electron chi connectivity index (χ4n) is 4.44. The van der Waals surface area contributed by atoms with Crippen molar-refractivity contribution in [2.45, 2.75) is 31.8 Å². The summed E-state index contributed by atoms with van der Waals surface area (Å²) in [4.78, 5) is 30.3. The topological polar surface area (TPSA) is 46.6 Å². The van der Waals surface area contributed by atoms with E-state index in [1.165, 1.54) is 0 Å². The quantitative estimate of drug-likeness (QED) is 0.191. The molecule has 1 amide bonds. The molecule has 0 N–H and O–H groups in total. The van der Waals surface area contributed by atoms with Gasteiger partial charge in [0.05, 0.1) is 6.61 Å². The van der Waals surface area contributed by atoms with E-state index in [9.17, 15) is 9.59 Å². The summed E-state index contributed by atoms with van der Waals surface area (Å²) in [5.41, 5.74) is 1.29. The van der Waals surface area contributed by atoms with Crippen LogP contribution in [0.15, 0.2) is 121 Å². The molecule has 0 aromatic heterocycles. The molecule has 4 aromatic rings. The summed E-state index contributed by atoms with van der Waals surface area (Å²) in [5, 5.41) is 0. The van der Waals surface area contributed by atoms with Gasteiger partial charge in [0.15, 0.2) is 5.54 Å². The Morgan fingerprint density at radius 3 is 1.67 bits per heavy atom. The van der Waals surface area contributed by atoms with Gasteiger partial charge in [0.1, 0.15) is 0 Å². The van der Waals surface area contributed by atoms with Crippen LogP contribution in [0.1, 0.15) is 46.8 Å². The molecule has 4 nitrogen and oxygen atoms in total. The van der Waals surface area contributed by atoms with Crippen LogP contribution in [0.2, 0.25) is 0 Å². The SMILES string of the molecule is CCCCOC(=O)C(c1ccccc1)(c1ccccc1)N(Cc1ccccc1)C(=O)c1ccccc1. The Kier molecular flexibility index (Phi) is 8.30. The van der Waals surface area contributed by atoms with E-state index in [-0.39, 0.29) is 19.1 Å². The second-order valence-corrected chi connectivity index (χ2v) is 8.67. The number of rotatable bonds is 10. The van der Waals surface area contributed by atoms with E-state index in [4.69, 9.17) is 4.74 Å². The molecule has 0 aliphatic rings. The molecule has 0 spiro atoms. The number of carbonyl (C=O) groups is 2. The minimum Gasteiger partial charge on any atom is -0.463 e. The zero-order chi connectivity index (χ0) is 25.2. The summed E-state index contributed by atoms with van der Waals surface area (Å²) in [6.07, 6.45) is 1.64. The molecule has 0 saturated carbocycles. The van der Waals surface area contributed by atoms with Crippen LogP contribution in [-0.4, -0.2) is 23.4 Å². The van der Waals surface area contributed by atoms with Crippen molar-refractivity contribution in [1.82, 2.24) is 4.90 Å². The number of unbranched alkanes of at least 4 members (excludes halogenated alkanes) is 1. The molecular formula is C32H31NO3. The lowest BCUT2D eigenvalue weighted by molar-refractivity contribution is -0.155. The van der Waals surface area contributed by atoms with Crippen LogP contribution in [0.3, 0.4) is 0 Å². The molecule has 4 rings (SSSR count). The van der Waals surface area contributed by atoms with Crippen molar-refractivity contribution in [2.24, 2.45) is 0 Å². The highest BCUT2D eigenvalue weighted by Gasteiger charge is 2.51. The van der Waals surface area contributed by atoms with Crippen LogP contribution in [0, 0.1) is 0 Å². The van der Waals surface area contributed by atoms with Gasteiger partial charge in [-0.2, -0.15) is 0 Å². The highest BCUT2D eigenvalue weighted by molar-refractivity contribution is 6.00. The summed E-state index contributed by atoms with van der Waals surface area (Å²) in [6, 6.07) is 37.8. The van der Waals surface area contributed by atoms with Gasteiger partial charge in [0.25, 0.3) is 5.91 Å². The van der Waals surface area contributed by atoms with Crippen LogP contribution in [0.25, 0.3) is 0 Å². The van der Waals surface area contributed by atoms with Crippen LogP contribution in [0.5, 0.6) is 0 Å². The molecule has 0 atom stereocenters. The van der Waals surface area contributed by atoms with Gasteiger partial charge in [-0.25, -0.2) is 4.79 Å². The van der Waals surface area contributed by atoms with Crippen molar-refractivity contribution in [2.75, 3.05) is 6.61 Å². The third kappa shape index (κ3) is 5.23. The Morgan fingerprint density at radius 2 is 1.17 bits per heavy atom. The third-order valence-electron chi connectivity index (χ3n) is 6.26. The fraction of sp³-hybridized carbons (Fsp3) is 0.188. The van der Waals surface area contributed by atoms with Crippen molar-refractivity contribution in [3.05, 3.63) is 144 Å². The number of hydrogen-bond donors (Lipinski definition) is 0. The van der Waals surface area contributed by atoms with E-state index < -0.39 is 11.5 Å². The fourth-order valence-corrected chi connectivity index (χ4v) is 4.44. The normalized spacial score (nSPS) is 11.0. The van der Waals surface area contributed by atoms with Crippen LogP contribution < -0.4 is 0 Å². The average molecular weight is 478 g/mol. The molecule has 0 bridgehead atoms. The summed E-state index contributed by atoms with van der Waals surface area (Å²) in [6.45, 7) is 2.56. The number of esters is 1. The molecule has 0 radical (unpaired) electrons. The number of ether oxygens (including phenoxy) is 1. The van der Waals surface area contributed by atoms with E-state index in [1.54, 1.807) is 17.0 Å². The maximum Gasteiger partial charge on any atom is 0.341 e. The van der Waals surface area contributed by atoms with E-state index in [0.717, 1.165) is 18.4 Å². The second kappa shape index (κ2) is 12.0. The lowest BCUT2D eigenvalue weighted by atomic mass is 9.80. The van der Waals surface area contributed by atoms with Gasteiger partial charge >= 0.3 is 5.97 Å². The van der Waals surface area contributed by atoms with E-state index in [1.807, 2.05) is 109 Å². The molecule has 182 valence electrons. The molecule has 0 saturated heterocycles. The first-order chi connectivity index (χ1) is 17.7. The first-order valence-electron chi connectivity index (χ1n) is 12.4. The highest BCUT2D eigenvalue weighted by atomic mass is 16.5. The smallest absolute Gasteiger partial charge is 0.341 e. The largest absolute Gasteiger partial charge is 0.463 e. The average Bonchev–Trinajstić information content (AvgIpc) is 2.95. The van der Waals surface area contributed by atoms with Crippen molar-refractivity contribution in [3.8, 4) is 0 Å². The summed E-state index contributed by atoms with van der Waals surface area (Å²) >= 11 is 0. The Morgan fingerprint density at radius 1 is 0.694 bits per heavy atom. The number of benzene rings is 4. The van der Waals surface area contributed by atoms with E-state index in [0.29, 0.717) is 16.7 Å². The minimum atomic E-state index is -1.49. The molecule has 0 aliphatic carbocycles. The van der Waals surface area contributed by atoms with Crippen LogP contribution in [-0.2, 0) is 21.6 Å². The van der Waals surface area contributed by atoms with Gasteiger partial charge in [-0.1, -0.05) is 123 Å². The standard InChI is InChI=1S/C32H31NO3/c1-2-3-24-36-31(35)32(28-20-12-6-13-21-28,29-22-14-7-15-23-29)33(25-26-16-8-4-9-17-26)30(34)27-18-10-5-11-19-27/h4-23H,2-3,24-25H2,1H3. The lowest BCUT2D eigenvalue weighted by Crippen LogP contribution is -2.55. The Balaban J connectivity index is 1.99. The Hall–Kier alpha value is -4.18. The molecule has 0 unspecified atom stereocenters. The summed E-state index contributed by atoms with van der Waals surface area (Å²) < 4.78 is 5.93. The molecule has 0 heterocycles. The zero-order valence-corrected chi connectivity index (χ0v) is 20.5. The Labute approximate surface area is 213 Å². The molecular weight excluding hydrogens is 446 g/mol. The maximum atomic E-state index is 14.3. The van der Waals surface area contributed by atoms with Crippen molar-refractivity contribution >= 4 is 11.9 Å². The molecule has 36 heavy (non-hydrogen) atoms. The first-order valence-corrected chi connectivity index (χ1v) is 12.4. The Bertz CT molecular complexity index is 1200. The minimum absolute atomic E-state index is 0.223. The number of nitrogens with zero attached hydrogens (tertiary/aromatic N) is 1. The van der Waals surface area contributed by atoms with Crippen LogP contribution >= 0.6 is 0 Å². The maximum absolute atomic E-state index is 14.3. The number of amides is 1. The van der Waals surface area contributed by atoms with Crippen molar-refractivity contribution < 1.29 is 14.3 Å². The molecule has 0 fully saturated rings. The van der Waals surface area contributed by atoms with Gasteiger partial charge in [-0.05, 0) is 35.2 Å². The monoisotopic (exact) mass is 477 g/mol. The van der Waals surface area contributed by atoms with Gasteiger partial charge in [-0.3, -0.25) is 4.79 Å². The van der Waals surface area contributed by atoms with Crippen LogP contribution in [0.4, 0.5) is 0 Å². The van der Waals surface area contributed by atoms with E-state index in [2.05, 4.69) is 6.92 Å². The molecule has 4 heteroatoms. The van der Waals surface area contributed by atoms with Gasteiger partial charge in [-0.15, -0.1) is 0 Å². The second-order valence-electron chi connectivity index (χ2n) is 8.67.